The van der Waals surface area contributed by atoms with Crippen molar-refractivity contribution in [2.75, 3.05) is 0 Å². The van der Waals surface area contributed by atoms with Gasteiger partial charge in [0, 0.05) is 30.4 Å². The Morgan fingerprint density at radius 3 is 2.36 bits per heavy atom. The van der Waals surface area contributed by atoms with Crippen molar-refractivity contribution >= 4 is 10.0 Å². The Morgan fingerprint density at radius 1 is 1.08 bits per heavy atom. The lowest BCUT2D eigenvalue weighted by Gasteiger charge is -2.18. The van der Waals surface area contributed by atoms with Crippen molar-refractivity contribution in [1.82, 2.24) is 14.8 Å². The second kappa shape index (κ2) is 5.97. The molecule has 0 aliphatic rings. The molecule has 0 aliphatic carbocycles. The highest BCUT2D eigenvalue weighted by atomic mass is 32.2. The van der Waals surface area contributed by atoms with E-state index in [9.17, 15) is 21.6 Å². The summed E-state index contributed by atoms with van der Waals surface area (Å²) in [6.45, 7) is 0. The Bertz CT molecular complexity index is 1000. The number of nitrogens with two attached hydrogens (primary N) is 1. The summed E-state index contributed by atoms with van der Waals surface area (Å²) in [5, 5.41) is 8.89. The molecule has 3 rings (SSSR count). The van der Waals surface area contributed by atoms with Crippen LogP contribution in [0.15, 0.2) is 60.0 Å². The first-order chi connectivity index (χ1) is 11.7. The van der Waals surface area contributed by atoms with Gasteiger partial charge < -0.3 is 0 Å². The van der Waals surface area contributed by atoms with E-state index in [-0.39, 0.29) is 5.56 Å². The third kappa shape index (κ3) is 3.39. The van der Waals surface area contributed by atoms with Gasteiger partial charge in [-0.2, -0.15) is 18.3 Å². The van der Waals surface area contributed by atoms with E-state index in [0.29, 0.717) is 5.56 Å². The SMILES string of the molecule is NS(=O)(=O)c1cc(-c2cccnc2)cc(C(F)(F)F)c1-n1cccn1. The van der Waals surface area contributed by atoms with Crippen molar-refractivity contribution < 1.29 is 21.6 Å². The molecule has 0 amide bonds. The fourth-order valence-corrected chi connectivity index (χ4v) is 3.14. The van der Waals surface area contributed by atoms with Crippen LogP contribution in [0.5, 0.6) is 0 Å². The lowest BCUT2D eigenvalue weighted by Crippen LogP contribution is -2.20. The molecule has 1 aromatic carbocycles. The summed E-state index contributed by atoms with van der Waals surface area (Å²) in [5.41, 5.74) is -1.46. The molecule has 0 fully saturated rings. The van der Waals surface area contributed by atoms with Crippen LogP contribution >= 0.6 is 0 Å². The highest BCUT2D eigenvalue weighted by Crippen LogP contribution is 2.39. The number of pyridine rings is 1. The maximum absolute atomic E-state index is 13.6. The maximum atomic E-state index is 13.6. The minimum absolute atomic E-state index is 0.0281. The Hall–Kier alpha value is -2.72. The predicted molar refractivity (Wildman–Crippen MR) is 83.2 cm³/mol. The smallest absolute Gasteiger partial charge is 0.264 e. The zero-order valence-corrected chi connectivity index (χ0v) is 13.3. The Labute approximate surface area is 140 Å². The molecule has 10 heteroatoms. The molecule has 0 spiro atoms. The zero-order valence-electron chi connectivity index (χ0n) is 12.5. The molecule has 0 radical (unpaired) electrons. The van der Waals surface area contributed by atoms with E-state index in [1.807, 2.05) is 0 Å². The molecule has 25 heavy (non-hydrogen) atoms. The molecule has 2 aromatic heterocycles. The van der Waals surface area contributed by atoms with Crippen molar-refractivity contribution in [2.45, 2.75) is 11.1 Å². The van der Waals surface area contributed by atoms with Gasteiger partial charge in [0.1, 0.15) is 4.90 Å². The van der Waals surface area contributed by atoms with Crippen molar-refractivity contribution in [3.63, 3.8) is 0 Å². The molecular weight excluding hydrogens is 357 g/mol. The van der Waals surface area contributed by atoms with E-state index >= 15 is 0 Å². The first kappa shape index (κ1) is 17.1. The van der Waals surface area contributed by atoms with Gasteiger partial charge in [0.15, 0.2) is 0 Å². The highest BCUT2D eigenvalue weighted by Gasteiger charge is 2.37. The minimum Gasteiger partial charge on any atom is -0.264 e. The molecule has 2 heterocycles. The van der Waals surface area contributed by atoms with Crippen LogP contribution in [0.25, 0.3) is 16.8 Å². The van der Waals surface area contributed by atoms with Crippen LogP contribution in [-0.2, 0) is 16.2 Å². The van der Waals surface area contributed by atoms with Gasteiger partial charge in [-0.25, -0.2) is 18.2 Å². The Morgan fingerprint density at radius 2 is 1.84 bits per heavy atom. The Balaban J connectivity index is 2.42. The number of alkyl halides is 3. The zero-order chi connectivity index (χ0) is 18.2. The molecule has 130 valence electrons. The van der Waals surface area contributed by atoms with Crippen LogP contribution in [-0.4, -0.2) is 23.2 Å². The van der Waals surface area contributed by atoms with Crippen LogP contribution in [0, 0.1) is 0 Å². The van der Waals surface area contributed by atoms with E-state index in [4.69, 9.17) is 5.14 Å². The highest BCUT2D eigenvalue weighted by molar-refractivity contribution is 7.89. The monoisotopic (exact) mass is 368 g/mol. The largest absolute Gasteiger partial charge is 0.418 e. The molecular formula is C15H11F3N4O2S. The van der Waals surface area contributed by atoms with Crippen LogP contribution in [0.3, 0.4) is 0 Å². The van der Waals surface area contributed by atoms with Crippen LogP contribution in [0.1, 0.15) is 5.56 Å². The maximum Gasteiger partial charge on any atom is 0.418 e. The number of primary sulfonamides is 1. The number of benzene rings is 1. The molecule has 0 saturated carbocycles. The average molecular weight is 368 g/mol. The van der Waals surface area contributed by atoms with Gasteiger partial charge in [0.25, 0.3) is 0 Å². The second-order valence-corrected chi connectivity index (χ2v) is 6.64. The molecule has 0 atom stereocenters. The van der Waals surface area contributed by atoms with Crippen LogP contribution in [0.2, 0.25) is 0 Å². The lowest BCUT2D eigenvalue weighted by atomic mass is 10.0. The number of halogens is 3. The molecule has 2 N–H and O–H groups in total. The van der Waals surface area contributed by atoms with E-state index in [0.717, 1.165) is 16.8 Å². The van der Waals surface area contributed by atoms with E-state index in [2.05, 4.69) is 10.1 Å². The van der Waals surface area contributed by atoms with Crippen molar-refractivity contribution in [3.05, 3.63) is 60.7 Å². The van der Waals surface area contributed by atoms with Gasteiger partial charge in [0.2, 0.25) is 10.0 Å². The standard InChI is InChI=1S/C15H11F3N4O2S/c16-15(17,18)12-7-11(10-3-1-4-20-9-10)8-13(25(19,23)24)14(12)22-6-2-5-21-22/h1-9H,(H2,19,23,24). The summed E-state index contributed by atoms with van der Waals surface area (Å²) < 4.78 is 65.6. The van der Waals surface area contributed by atoms with Gasteiger partial charge >= 0.3 is 6.18 Å². The summed E-state index contributed by atoms with van der Waals surface area (Å²) in [7, 11) is -4.45. The quantitative estimate of drug-likeness (QED) is 0.769. The third-order valence-corrected chi connectivity index (χ3v) is 4.34. The summed E-state index contributed by atoms with van der Waals surface area (Å²) >= 11 is 0. The van der Waals surface area contributed by atoms with Crippen molar-refractivity contribution in [1.29, 1.82) is 0 Å². The van der Waals surface area contributed by atoms with Gasteiger partial charge in [-0.3, -0.25) is 4.98 Å². The molecule has 0 aliphatic heterocycles. The first-order valence-corrected chi connectivity index (χ1v) is 8.41. The summed E-state index contributed by atoms with van der Waals surface area (Å²) in [6, 6.07) is 6.35. The van der Waals surface area contributed by atoms with Crippen LogP contribution in [0.4, 0.5) is 13.2 Å². The molecule has 0 bridgehead atoms. The van der Waals surface area contributed by atoms with Crippen LogP contribution < -0.4 is 5.14 Å². The topological polar surface area (TPSA) is 90.9 Å². The van der Waals surface area contributed by atoms with Crippen molar-refractivity contribution in [2.24, 2.45) is 5.14 Å². The third-order valence-electron chi connectivity index (χ3n) is 3.42. The number of hydrogen-bond acceptors (Lipinski definition) is 4. The number of sulfonamides is 1. The predicted octanol–water partition coefficient (Wildman–Crippen LogP) is 2.60. The number of rotatable bonds is 3. The van der Waals surface area contributed by atoms with Gasteiger partial charge in [-0.05, 0) is 29.8 Å². The second-order valence-electron chi connectivity index (χ2n) is 5.11. The molecule has 3 aromatic rings. The summed E-state index contributed by atoms with van der Waals surface area (Å²) in [6.07, 6.45) is 0.410. The number of nitrogens with zero attached hydrogens (tertiary/aromatic N) is 3. The molecule has 6 nitrogen and oxygen atoms in total. The normalized spacial score (nSPS) is 12.3. The minimum atomic E-state index is -4.82. The summed E-state index contributed by atoms with van der Waals surface area (Å²) in [5.74, 6) is 0. The van der Waals surface area contributed by atoms with Gasteiger partial charge in [-0.1, -0.05) is 6.07 Å². The Kier molecular flexibility index (Phi) is 4.09. The fraction of sp³-hybridized carbons (Fsp3) is 0.0667. The van der Waals surface area contributed by atoms with E-state index < -0.39 is 32.3 Å². The van der Waals surface area contributed by atoms with Gasteiger partial charge in [0.05, 0.1) is 11.3 Å². The van der Waals surface area contributed by atoms with E-state index in [1.54, 1.807) is 0 Å². The number of aromatic nitrogens is 3. The average Bonchev–Trinajstić information content (AvgIpc) is 3.07. The first-order valence-electron chi connectivity index (χ1n) is 6.86. The lowest BCUT2D eigenvalue weighted by molar-refractivity contribution is -0.137. The molecule has 0 unspecified atom stereocenters. The van der Waals surface area contributed by atoms with E-state index in [1.165, 1.54) is 43.0 Å². The fourth-order valence-electron chi connectivity index (χ4n) is 2.38. The van der Waals surface area contributed by atoms with Gasteiger partial charge in [-0.15, -0.1) is 0 Å². The molecule has 0 saturated heterocycles. The van der Waals surface area contributed by atoms with Crippen molar-refractivity contribution in [3.8, 4) is 16.8 Å². The number of hydrogen-bond donors (Lipinski definition) is 1. The summed E-state index contributed by atoms with van der Waals surface area (Å²) in [4.78, 5) is 3.16.